The molecule has 0 aliphatic heterocycles. The lowest BCUT2D eigenvalue weighted by atomic mass is 10.2. The normalized spacial score (nSPS) is 10.8. The van der Waals surface area contributed by atoms with E-state index in [0.29, 0.717) is 17.3 Å². The maximum absolute atomic E-state index is 6.00. The van der Waals surface area contributed by atoms with E-state index in [0.717, 1.165) is 21.5 Å². The molecule has 0 aliphatic rings. The number of nitrogens with two attached hydrogens (primary N) is 1. The molecule has 0 amide bonds. The number of benzene rings is 2. The van der Waals surface area contributed by atoms with Crippen molar-refractivity contribution in [1.29, 1.82) is 0 Å². The molecule has 0 radical (unpaired) electrons. The molecular weight excluding hydrogens is 280 g/mol. The van der Waals surface area contributed by atoms with Crippen LogP contribution in [0.4, 0.5) is 0 Å². The lowest BCUT2D eigenvalue weighted by molar-refractivity contribution is 0.494. The molecule has 0 fully saturated rings. The SMILES string of the molecule is NCc1ccc(Cl)cc1Oc1snc2ccccc12. The van der Waals surface area contributed by atoms with Crippen LogP contribution in [0.3, 0.4) is 0 Å². The van der Waals surface area contributed by atoms with Crippen LogP contribution in [-0.4, -0.2) is 4.37 Å². The Hall–Kier alpha value is -1.62. The quantitative estimate of drug-likeness (QED) is 0.786. The van der Waals surface area contributed by atoms with Crippen molar-refractivity contribution in [3.8, 4) is 10.8 Å². The first-order chi connectivity index (χ1) is 9.28. The van der Waals surface area contributed by atoms with E-state index in [4.69, 9.17) is 22.1 Å². The van der Waals surface area contributed by atoms with Crippen molar-refractivity contribution in [3.05, 3.63) is 53.1 Å². The van der Waals surface area contributed by atoms with Gasteiger partial charge in [0, 0.05) is 28.7 Å². The van der Waals surface area contributed by atoms with Crippen molar-refractivity contribution in [1.82, 2.24) is 4.37 Å². The Morgan fingerprint density at radius 3 is 2.89 bits per heavy atom. The minimum absolute atomic E-state index is 0.406. The third kappa shape index (κ3) is 2.42. The van der Waals surface area contributed by atoms with Crippen LogP contribution in [0, 0.1) is 0 Å². The topological polar surface area (TPSA) is 48.1 Å². The number of fused-ring (bicyclic) bond motifs is 1. The molecule has 0 bridgehead atoms. The molecule has 0 saturated heterocycles. The molecule has 2 N–H and O–H groups in total. The highest BCUT2D eigenvalue weighted by Gasteiger charge is 2.10. The summed E-state index contributed by atoms with van der Waals surface area (Å²) in [5.74, 6) is 0.685. The summed E-state index contributed by atoms with van der Waals surface area (Å²) in [6, 6.07) is 13.3. The standard InChI is InChI=1S/C14H11ClN2OS/c15-10-6-5-9(8-16)13(7-10)18-14-11-3-1-2-4-12(11)17-19-14/h1-7H,8,16H2. The van der Waals surface area contributed by atoms with Crippen LogP contribution in [0.2, 0.25) is 5.02 Å². The van der Waals surface area contributed by atoms with Gasteiger partial charge in [0.15, 0.2) is 0 Å². The van der Waals surface area contributed by atoms with Crippen LogP contribution in [0.15, 0.2) is 42.5 Å². The van der Waals surface area contributed by atoms with E-state index < -0.39 is 0 Å². The molecular formula is C14H11ClN2OS. The molecule has 1 heterocycles. The first kappa shape index (κ1) is 12.4. The predicted octanol–water partition coefficient (Wildman–Crippen LogP) is 4.20. The number of halogens is 1. The van der Waals surface area contributed by atoms with Gasteiger partial charge in [-0.3, -0.25) is 0 Å². The van der Waals surface area contributed by atoms with Crippen molar-refractivity contribution in [2.24, 2.45) is 5.73 Å². The van der Waals surface area contributed by atoms with Gasteiger partial charge in [-0.15, -0.1) is 0 Å². The fraction of sp³-hybridized carbons (Fsp3) is 0.0714. The van der Waals surface area contributed by atoms with E-state index in [-0.39, 0.29) is 0 Å². The molecule has 0 aliphatic carbocycles. The molecule has 0 atom stereocenters. The Balaban J connectivity index is 2.03. The first-order valence-electron chi connectivity index (χ1n) is 5.78. The Morgan fingerprint density at radius 1 is 1.21 bits per heavy atom. The number of aromatic nitrogens is 1. The van der Waals surface area contributed by atoms with Gasteiger partial charge in [-0.25, -0.2) is 0 Å². The van der Waals surface area contributed by atoms with Gasteiger partial charge in [-0.2, -0.15) is 4.37 Å². The molecule has 0 saturated carbocycles. The highest BCUT2D eigenvalue weighted by atomic mass is 35.5. The summed E-state index contributed by atoms with van der Waals surface area (Å²) in [5, 5.41) is 2.38. The first-order valence-corrected chi connectivity index (χ1v) is 6.94. The molecule has 96 valence electrons. The van der Waals surface area contributed by atoms with Crippen molar-refractivity contribution in [2.45, 2.75) is 6.54 Å². The van der Waals surface area contributed by atoms with Crippen LogP contribution >= 0.6 is 23.1 Å². The van der Waals surface area contributed by atoms with Crippen LogP contribution < -0.4 is 10.5 Å². The maximum atomic E-state index is 6.00. The average molecular weight is 291 g/mol. The second-order valence-electron chi connectivity index (χ2n) is 4.05. The summed E-state index contributed by atoms with van der Waals surface area (Å²) in [5.41, 5.74) is 7.55. The van der Waals surface area contributed by atoms with Crippen molar-refractivity contribution in [3.63, 3.8) is 0 Å². The number of hydrogen-bond acceptors (Lipinski definition) is 4. The van der Waals surface area contributed by atoms with Gasteiger partial charge in [0.2, 0.25) is 5.06 Å². The summed E-state index contributed by atoms with van der Waals surface area (Å²) < 4.78 is 10.3. The minimum Gasteiger partial charge on any atom is -0.444 e. The smallest absolute Gasteiger partial charge is 0.207 e. The molecule has 5 heteroatoms. The molecule has 19 heavy (non-hydrogen) atoms. The van der Waals surface area contributed by atoms with Crippen LogP contribution in [0.5, 0.6) is 10.8 Å². The lowest BCUT2D eigenvalue weighted by Crippen LogP contribution is -1.98. The van der Waals surface area contributed by atoms with Gasteiger partial charge in [-0.05, 0) is 24.3 Å². The van der Waals surface area contributed by atoms with Gasteiger partial charge in [-0.1, -0.05) is 29.8 Å². The number of rotatable bonds is 3. The molecule has 0 unspecified atom stereocenters. The van der Waals surface area contributed by atoms with Crippen molar-refractivity contribution < 1.29 is 4.74 Å². The third-order valence-electron chi connectivity index (χ3n) is 2.80. The van der Waals surface area contributed by atoms with E-state index in [9.17, 15) is 0 Å². The Labute approximate surface area is 119 Å². The van der Waals surface area contributed by atoms with Gasteiger partial charge < -0.3 is 10.5 Å². The highest BCUT2D eigenvalue weighted by Crippen LogP contribution is 2.36. The van der Waals surface area contributed by atoms with Crippen LogP contribution in [-0.2, 0) is 6.54 Å². The summed E-state index contributed by atoms with van der Waals surface area (Å²) >= 11 is 7.33. The summed E-state index contributed by atoms with van der Waals surface area (Å²) in [6.07, 6.45) is 0. The minimum atomic E-state index is 0.406. The second-order valence-corrected chi connectivity index (χ2v) is 5.22. The van der Waals surface area contributed by atoms with E-state index in [2.05, 4.69) is 4.37 Å². The van der Waals surface area contributed by atoms with Crippen molar-refractivity contribution >= 4 is 34.0 Å². The zero-order valence-electron chi connectivity index (χ0n) is 9.97. The van der Waals surface area contributed by atoms with Crippen LogP contribution in [0.1, 0.15) is 5.56 Å². The van der Waals surface area contributed by atoms with E-state index >= 15 is 0 Å². The number of nitrogens with zero attached hydrogens (tertiary/aromatic N) is 1. The van der Waals surface area contributed by atoms with Gasteiger partial charge in [0.25, 0.3) is 0 Å². The fourth-order valence-electron chi connectivity index (χ4n) is 1.83. The molecule has 1 aromatic heterocycles. The monoisotopic (exact) mass is 290 g/mol. The zero-order valence-corrected chi connectivity index (χ0v) is 11.5. The number of ether oxygens (including phenoxy) is 1. The summed E-state index contributed by atoms with van der Waals surface area (Å²) in [6.45, 7) is 0.406. The Bertz CT molecular complexity index is 726. The molecule has 3 nitrogen and oxygen atoms in total. The highest BCUT2D eigenvalue weighted by molar-refractivity contribution is 7.09. The lowest BCUT2D eigenvalue weighted by Gasteiger charge is -2.08. The summed E-state index contributed by atoms with van der Waals surface area (Å²) in [7, 11) is 0. The summed E-state index contributed by atoms with van der Waals surface area (Å²) in [4.78, 5) is 0. The van der Waals surface area contributed by atoms with E-state index in [1.54, 1.807) is 12.1 Å². The molecule has 0 spiro atoms. The second kappa shape index (κ2) is 5.17. The third-order valence-corrected chi connectivity index (χ3v) is 3.79. The maximum Gasteiger partial charge on any atom is 0.207 e. The van der Waals surface area contributed by atoms with Gasteiger partial charge in [0.05, 0.1) is 10.9 Å². The van der Waals surface area contributed by atoms with Crippen molar-refractivity contribution in [2.75, 3.05) is 0 Å². The molecule has 3 aromatic rings. The molecule has 2 aromatic carbocycles. The Morgan fingerprint density at radius 2 is 2.05 bits per heavy atom. The van der Waals surface area contributed by atoms with Crippen LogP contribution in [0.25, 0.3) is 10.9 Å². The largest absolute Gasteiger partial charge is 0.444 e. The van der Waals surface area contributed by atoms with E-state index in [1.807, 2.05) is 30.3 Å². The predicted molar refractivity (Wildman–Crippen MR) is 79.0 cm³/mol. The molecule has 3 rings (SSSR count). The van der Waals surface area contributed by atoms with Gasteiger partial charge >= 0.3 is 0 Å². The number of hydrogen-bond donors (Lipinski definition) is 1. The fourth-order valence-corrected chi connectivity index (χ4v) is 2.73. The average Bonchev–Trinajstić information content (AvgIpc) is 2.83. The van der Waals surface area contributed by atoms with Gasteiger partial charge in [0.1, 0.15) is 5.75 Å². The van der Waals surface area contributed by atoms with E-state index in [1.165, 1.54) is 11.5 Å². The Kier molecular flexibility index (Phi) is 3.38. The zero-order chi connectivity index (χ0) is 13.2.